The predicted molar refractivity (Wildman–Crippen MR) is 86.3 cm³/mol. The number of ether oxygens (including phenoxy) is 2. The number of halogens is 3. The van der Waals surface area contributed by atoms with Gasteiger partial charge in [-0.25, -0.2) is 4.79 Å². The first-order chi connectivity index (χ1) is 12.4. The Balaban J connectivity index is 1.80. The van der Waals surface area contributed by atoms with Crippen LogP contribution in [0.2, 0.25) is 0 Å². The van der Waals surface area contributed by atoms with Crippen LogP contribution in [0, 0.1) is 0 Å². The molecule has 0 unspecified atom stereocenters. The van der Waals surface area contributed by atoms with Gasteiger partial charge in [-0.2, -0.15) is 0 Å². The van der Waals surface area contributed by atoms with Crippen molar-refractivity contribution in [2.75, 3.05) is 32.7 Å². The number of nitrogens with zero attached hydrogens (tertiary/aromatic N) is 2. The number of piperazine rings is 1. The fourth-order valence-corrected chi connectivity index (χ4v) is 2.61. The Morgan fingerprint density at radius 2 is 1.85 bits per heavy atom. The van der Waals surface area contributed by atoms with E-state index in [1.807, 2.05) is 6.29 Å². The van der Waals surface area contributed by atoms with Gasteiger partial charge < -0.3 is 14.4 Å². The molecule has 0 aliphatic carbocycles. The molecule has 1 aromatic carbocycles. The summed E-state index contributed by atoms with van der Waals surface area (Å²) in [4.78, 5) is 25.9. The van der Waals surface area contributed by atoms with Crippen LogP contribution in [0.15, 0.2) is 24.3 Å². The number of hydrogen-bond acceptors (Lipinski definition) is 5. The second kappa shape index (κ2) is 9.42. The Hall–Kier alpha value is -2.29. The molecule has 143 valence electrons. The van der Waals surface area contributed by atoms with E-state index in [4.69, 9.17) is 4.74 Å². The number of benzene rings is 1. The molecule has 1 fully saturated rings. The van der Waals surface area contributed by atoms with Gasteiger partial charge in [-0.15, -0.1) is 13.2 Å². The largest absolute Gasteiger partial charge is 0.573 e. The zero-order valence-electron chi connectivity index (χ0n) is 14.1. The molecule has 1 aliphatic rings. The van der Waals surface area contributed by atoms with Crippen LogP contribution < -0.4 is 4.74 Å². The first-order valence-electron chi connectivity index (χ1n) is 8.22. The van der Waals surface area contributed by atoms with E-state index in [2.05, 4.69) is 9.64 Å². The molecule has 1 heterocycles. The molecule has 1 aliphatic heterocycles. The van der Waals surface area contributed by atoms with Gasteiger partial charge in [0.2, 0.25) is 0 Å². The summed E-state index contributed by atoms with van der Waals surface area (Å²) in [6.45, 7) is 2.69. The van der Waals surface area contributed by atoms with Crippen molar-refractivity contribution in [2.45, 2.75) is 25.8 Å². The Labute approximate surface area is 149 Å². The first-order valence-corrected chi connectivity index (χ1v) is 8.22. The van der Waals surface area contributed by atoms with Crippen LogP contribution in [0.5, 0.6) is 5.75 Å². The van der Waals surface area contributed by atoms with Crippen LogP contribution in [0.4, 0.5) is 18.0 Å². The molecule has 0 spiro atoms. The lowest BCUT2D eigenvalue weighted by Crippen LogP contribution is -2.48. The molecule has 0 aromatic heterocycles. The summed E-state index contributed by atoms with van der Waals surface area (Å²) in [5.41, 5.74) is 0.141. The summed E-state index contributed by atoms with van der Waals surface area (Å²) < 4.78 is 46.2. The number of carbonyl (C=O) groups is 1. The van der Waals surface area contributed by atoms with Gasteiger partial charge in [0.05, 0.1) is 0 Å². The quantitative estimate of drug-likeness (QED) is 0.688. The number of para-hydroxylation sites is 1. The summed E-state index contributed by atoms with van der Waals surface area (Å²) in [5, 5.41) is 0. The Bertz CT molecular complexity index is 602. The summed E-state index contributed by atoms with van der Waals surface area (Å²) >= 11 is 0. The standard InChI is InChI=1S/C17H20F3N2O4/c18-17(19,20)26-15-6-2-1-5-14(15)13-25-16(24)22-10-8-21(9-11-22)7-3-4-12-23/h1-2,5-6H,3-4,7-11,13H2. The summed E-state index contributed by atoms with van der Waals surface area (Å²) in [5.74, 6) is -0.385. The molecule has 6 nitrogen and oxygen atoms in total. The minimum absolute atomic E-state index is 0.141. The normalized spacial score (nSPS) is 15.6. The minimum Gasteiger partial charge on any atom is -0.444 e. The topological polar surface area (TPSA) is 59.1 Å². The molecule has 0 atom stereocenters. The Morgan fingerprint density at radius 1 is 1.15 bits per heavy atom. The van der Waals surface area contributed by atoms with Crippen molar-refractivity contribution in [3.8, 4) is 5.75 Å². The smallest absolute Gasteiger partial charge is 0.444 e. The van der Waals surface area contributed by atoms with E-state index in [0.717, 1.165) is 13.0 Å². The van der Waals surface area contributed by atoms with Crippen molar-refractivity contribution in [3.63, 3.8) is 0 Å². The molecular formula is C17H20F3N2O4. The molecule has 1 radical (unpaired) electrons. The highest BCUT2D eigenvalue weighted by molar-refractivity contribution is 5.67. The monoisotopic (exact) mass is 373 g/mol. The Kier molecular flexibility index (Phi) is 7.26. The Morgan fingerprint density at radius 3 is 2.50 bits per heavy atom. The summed E-state index contributed by atoms with van der Waals surface area (Å²) in [6.07, 6.45) is -2.42. The number of unbranched alkanes of at least 4 members (excludes halogenated alkanes) is 1. The van der Waals surface area contributed by atoms with Crippen molar-refractivity contribution in [1.82, 2.24) is 9.80 Å². The number of alkyl halides is 3. The highest BCUT2D eigenvalue weighted by atomic mass is 19.4. The molecule has 0 N–H and O–H groups in total. The van der Waals surface area contributed by atoms with Gasteiger partial charge in [0.15, 0.2) is 6.29 Å². The maximum Gasteiger partial charge on any atom is 0.573 e. The van der Waals surface area contributed by atoms with Crippen LogP contribution in [-0.4, -0.2) is 61.3 Å². The third-order valence-electron chi connectivity index (χ3n) is 3.93. The van der Waals surface area contributed by atoms with Crippen molar-refractivity contribution < 1.29 is 32.2 Å². The van der Waals surface area contributed by atoms with E-state index in [1.54, 1.807) is 6.07 Å². The van der Waals surface area contributed by atoms with E-state index in [9.17, 15) is 22.8 Å². The SMILES string of the molecule is O=[C]CCCN1CCN(C(=O)OCc2ccccc2OC(F)(F)F)CC1. The van der Waals surface area contributed by atoms with Crippen molar-refractivity contribution in [3.05, 3.63) is 29.8 Å². The van der Waals surface area contributed by atoms with Crippen molar-refractivity contribution >= 4 is 12.4 Å². The number of hydrogen-bond donors (Lipinski definition) is 0. The van der Waals surface area contributed by atoms with Crippen LogP contribution in [0.1, 0.15) is 18.4 Å². The zero-order valence-corrected chi connectivity index (χ0v) is 14.1. The number of amides is 1. The van der Waals surface area contributed by atoms with Crippen molar-refractivity contribution in [2.24, 2.45) is 0 Å². The van der Waals surface area contributed by atoms with E-state index < -0.39 is 12.5 Å². The van der Waals surface area contributed by atoms with Crippen LogP contribution in [-0.2, 0) is 16.1 Å². The fourth-order valence-electron chi connectivity index (χ4n) is 2.61. The average Bonchev–Trinajstić information content (AvgIpc) is 2.60. The van der Waals surface area contributed by atoms with E-state index in [-0.39, 0.29) is 17.9 Å². The second-order valence-electron chi connectivity index (χ2n) is 5.79. The summed E-state index contributed by atoms with van der Waals surface area (Å²) in [6, 6.07) is 5.54. The van der Waals surface area contributed by atoms with Crippen LogP contribution in [0.3, 0.4) is 0 Å². The van der Waals surface area contributed by atoms with E-state index >= 15 is 0 Å². The van der Waals surface area contributed by atoms with Gasteiger partial charge in [-0.3, -0.25) is 9.69 Å². The third kappa shape index (κ3) is 6.55. The van der Waals surface area contributed by atoms with Gasteiger partial charge in [-0.1, -0.05) is 18.2 Å². The third-order valence-corrected chi connectivity index (χ3v) is 3.93. The van der Waals surface area contributed by atoms with Gasteiger partial charge in [0.25, 0.3) is 0 Å². The second-order valence-corrected chi connectivity index (χ2v) is 5.79. The number of rotatable bonds is 7. The van der Waals surface area contributed by atoms with Gasteiger partial charge in [-0.05, 0) is 19.0 Å². The number of carbonyl (C=O) groups excluding carboxylic acids is 2. The lowest BCUT2D eigenvalue weighted by atomic mass is 10.2. The molecule has 26 heavy (non-hydrogen) atoms. The molecule has 2 rings (SSSR count). The summed E-state index contributed by atoms with van der Waals surface area (Å²) in [7, 11) is 0. The maximum atomic E-state index is 12.4. The maximum absolute atomic E-state index is 12.4. The van der Waals surface area contributed by atoms with Crippen molar-refractivity contribution in [1.29, 1.82) is 0 Å². The molecule has 0 saturated carbocycles. The average molecular weight is 373 g/mol. The fraction of sp³-hybridized carbons (Fsp3) is 0.529. The van der Waals surface area contributed by atoms with Gasteiger partial charge >= 0.3 is 12.5 Å². The van der Waals surface area contributed by atoms with Crippen LogP contribution in [0.25, 0.3) is 0 Å². The first kappa shape index (κ1) is 20.0. The van der Waals surface area contributed by atoms with E-state index in [1.165, 1.54) is 23.1 Å². The van der Waals surface area contributed by atoms with Gasteiger partial charge in [0.1, 0.15) is 12.4 Å². The zero-order chi connectivity index (χ0) is 19.0. The lowest BCUT2D eigenvalue weighted by molar-refractivity contribution is -0.275. The lowest BCUT2D eigenvalue weighted by Gasteiger charge is -2.34. The minimum atomic E-state index is -4.81. The molecule has 0 bridgehead atoms. The predicted octanol–water partition coefficient (Wildman–Crippen LogP) is 2.73. The highest BCUT2D eigenvalue weighted by Gasteiger charge is 2.32. The van der Waals surface area contributed by atoms with Crippen LogP contribution >= 0.6 is 0 Å². The van der Waals surface area contributed by atoms with E-state index in [0.29, 0.717) is 32.6 Å². The highest BCUT2D eigenvalue weighted by Crippen LogP contribution is 2.26. The molecule has 1 saturated heterocycles. The van der Waals surface area contributed by atoms with Gasteiger partial charge in [0, 0.05) is 38.2 Å². The molecular weight excluding hydrogens is 353 g/mol. The molecule has 9 heteroatoms. The molecule has 1 amide bonds. The molecule has 1 aromatic rings.